The van der Waals surface area contributed by atoms with Gasteiger partial charge in [0.15, 0.2) is 0 Å². The molecule has 1 aliphatic heterocycles. The van der Waals surface area contributed by atoms with Crippen LogP contribution in [-0.2, 0) is 26.2 Å². The van der Waals surface area contributed by atoms with Crippen molar-refractivity contribution in [2.45, 2.75) is 17.9 Å². The third-order valence-electron chi connectivity index (χ3n) is 4.77. The minimum absolute atomic E-state index is 0.0318. The van der Waals surface area contributed by atoms with Gasteiger partial charge in [0.1, 0.15) is 5.82 Å². The van der Waals surface area contributed by atoms with Gasteiger partial charge in [-0.1, -0.05) is 23.7 Å². The number of halogens is 2. The molecule has 0 spiro atoms. The van der Waals surface area contributed by atoms with Crippen molar-refractivity contribution in [1.29, 1.82) is 0 Å². The summed E-state index contributed by atoms with van der Waals surface area (Å²) < 4.78 is 37.1. The van der Waals surface area contributed by atoms with E-state index < -0.39 is 21.8 Å². The Labute approximate surface area is 172 Å². The van der Waals surface area contributed by atoms with Crippen LogP contribution in [0.1, 0.15) is 12.0 Å². The summed E-state index contributed by atoms with van der Waals surface area (Å²) in [5, 5.41) is 5.35. The number of anilines is 1. The number of primary sulfonamides is 1. The number of amides is 2. The van der Waals surface area contributed by atoms with Crippen LogP contribution >= 0.6 is 11.6 Å². The van der Waals surface area contributed by atoms with Crippen molar-refractivity contribution in [2.24, 2.45) is 11.1 Å². The summed E-state index contributed by atoms with van der Waals surface area (Å²) in [6, 6.07) is 9.95. The molecule has 1 fully saturated rings. The van der Waals surface area contributed by atoms with Gasteiger partial charge in [-0.15, -0.1) is 0 Å². The minimum atomic E-state index is -3.92. The number of carbonyl (C=O) groups excluding carboxylic acids is 2. The molecule has 2 N–H and O–H groups in total. The molecule has 0 radical (unpaired) electrons. The van der Waals surface area contributed by atoms with Crippen molar-refractivity contribution in [3.63, 3.8) is 0 Å². The van der Waals surface area contributed by atoms with E-state index in [1.54, 1.807) is 6.07 Å². The van der Waals surface area contributed by atoms with Gasteiger partial charge in [0.05, 0.1) is 10.8 Å². The molecule has 2 aromatic carbocycles. The van der Waals surface area contributed by atoms with Gasteiger partial charge in [0.2, 0.25) is 21.8 Å². The molecule has 1 atom stereocenters. The first-order valence-corrected chi connectivity index (χ1v) is 10.6. The van der Waals surface area contributed by atoms with E-state index in [4.69, 9.17) is 16.7 Å². The molecule has 0 aromatic heterocycles. The van der Waals surface area contributed by atoms with Gasteiger partial charge >= 0.3 is 0 Å². The van der Waals surface area contributed by atoms with E-state index in [0.717, 1.165) is 0 Å². The van der Waals surface area contributed by atoms with Crippen molar-refractivity contribution >= 4 is 39.1 Å². The zero-order valence-electron chi connectivity index (χ0n) is 15.5. The minimum Gasteiger partial charge on any atom is -0.341 e. The average Bonchev–Trinajstić information content (AvgIpc) is 3.05. The van der Waals surface area contributed by atoms with Gasteiger partial charge < -0.3 is 9.80 Å². The summed E-state index contributed by atoms with van der Waals surface area (Å²) in [5.74, 6) is -1.80. The fourth-order valence-electron chi connectivity index (χ4n) is 3.26. The first-order chi connectivity index (χ1) is 13.6. The second-order valence-corrected chi connectivity index (χ2v) is 8.81. The van der Waals surface area contributed by atoms with Crippen molar-refractivity contribution in [2.75, 3.05) is 18.5 Å². The van der Waals surface area contributed by atoms with Crippen LogP contribution in [0.3, 0.4) is 0 Å². The van der Waals surface area contributed by atoms with Crippen LogP contribution in [0.15, 0.2) is 47.4 Å². The molecule has 2 amide bonds. The van der Waals surface area contributed by atoms with Gasteiger partial charge in [0, 0.05) is 42.8 Å². The average molecular weight is 440 g/mol. The Morgan fingerprint density at radius 3 is 2.66 bits per heavy atom. The lowest BCUT2D eigenvalue weighted by Crippen LogP contribution is -2.34. The molecule has 1 aliphatic rings. The van der Waals surface area contributed by atoms with Crippen LogP contribution in [-0.4, -0.2) is 38.7 Å². The van der Waals surface area contributed by atoms with Crippen molar-refractivity contribution in [1.82, 2.24) is 4.90 Å². The lowest BCUT2D eigenvalue weighted by atomic mass is 10.1. The molecule has 10 heteroatoms. The Kier molecular flexibility index (Phi) is 5.92. The Morgan fingerprint density at radius 1 is 1.31 bits per heavy atom. The maximum Gasteiger partial charge on any atom is 0.238 e. The third-order valence-corrected chi connectivity index (χ3v) is 6.03. The van der Waals surface area contributed by atoms with Crippen molar-refractivity contribution in [3.05, 3.63) is 58.9 Å². The molecule has 7 nitrogen and oxygen atoms in total. The number of hydrogen-bond acceptors (Lipinski definition) is 4. The molecule has 29 heavy (non-hydrogen) atoms. The Balaban J connectivity index is 1.75. The van der Waals surface area contributed by atoms with E-state index in [-0.39, 0.29) is 46.8 Å². The number of nitrogens with zero attached hydrogens (tertiary/aromatic N) is 2. The van der Waals surface area contributed by atoms with E-state index in [1.807, 2.05) is 0 Å². The largest absolute Gasteiger partial charge is 0.341 e. The fraction of sp³-hybridized carbons (Fsp3) is 0.263. The lowest BCUT2D eigenvalue weighted by Gasteiger charge is -2.22. The Bertz CT molecular complexity index is 1060. The van der Waals surface area contributed by atoms with E-state index in [2.05, 4.69) is 0 Å². The summed E-state index contributed by atoms with van der Waals surface area (Å²) in [6.45, 7) is 0.0526. The number of rotatable bonds is 5. The molecular formula is C19H19ClFN3O4S. The smallest absolute Gasteiger partial charge is 0.238 e. The highest BCUT2D eigenvalue weighted by molar-refractivity contribution is 7.89. The van der Waals surface area contributed by atoms with Gasteiger partial charge in [-0.3, -0.25) is 9.59 Å². The summed E-state index contributed by atoms with van der Waals surface area (Å²) in [4.78, 5) is 27.8. The predicted molar refractivity (Wildman–Crippen MR) is 106 cm³/mol. The monoisotopic (exact) mass is 439 g/mol. The van der Waals surface area contributed by atoms with Crippen LogP contribution in [0.2, 0.25) is 5.02 Å². The standard InChI is InChI=1S/C19H19ClFN3O4S/c1-23(11-15-16(20)6-3-7-17(15)21)19(26)12-8-18(25)24(10-12)13-4-2-5-14(9-13)29(22,27)28/h2-7,9,12H,8,10-11H2,1H3,(H2,22,27,28). The van der Waals surface area contributed by atoms with Crippen LogP contribution < -0.4 is 10.0 Å². The molecule has 0 saturated carbocycles. The topological polar surface area (TPSA) is 101 Å². The summed E-state index contributed by atoms with van der Waals surface area (Å²) in [5.41, 5.74) is 0.545. The SMILES string of the molecule is CN(Cc1c(F)cccc1Cl)C(=O)C1CC(=O)N(c2cccc(S(N)(=O)=O)c2)C1. The maximum atomic E-state index is 14.0. The van der Waals surface area contributed by atoms with E-state index in [0.29, 0.717) is 5.69 Å². The first-order valence-electron chi connectivity index (χ1n) is 8.69. The first kappa shape index (κ1) is 21.2. The van der Waals surface area contributed by atoms with Crippen LogP contribution in [0.25, 0.3) is 0 Å². The van der Waals surface area contributed by atoms with E-state index in [1.165, 1.54) is 53.2 Å². The summed E-state index contributed by atoms with van der Waals surface area (Å²) in [6.07, 6.45) is -0.0339. The van der Waals surface area contributed by atoms with E-state index >= 15 is 0 Å². The number of nitrogens with two attached hydrogens (primary N) is 1. The van der Waals surface area contributed by atoms with Crippen molar-refractivity contribution < 1.29 is 22.4 Å². The zero-order chi connectivity index (χ0) is 21.3. The second-order valence-electron chi connectivity index (χ2n) is 6.84. The predicted octanol–water partition coefficient (Wildman–Crippen LogP) is 2.14. The van der Waals surface area contributed by atoms with Crippen LogP contribution in [0.4, 0.5) is 10.1 Å². The summed E-state index contributed by atoms with van der Waals surface area (Å²) >= 11 is 6.02. The molecule has 154 valence electrons. The molecule has 1 heterocycles. The van der Waals surface area contributed by atoms with Gasteiger partial charge in [-0.2, -0.15) is 0 Å². The van der Waals surface area contributed by atoms with E-state index in [9.17, 15) is 22.4 Å². The zero-order valence-corrected chi connectivity index (χ0v) is 17.1. The quantitative estimate of drug-likeness (QED) is 0.771. The molecule has 3 rings (SSSR count). The highest BCUT2D eigenvalue weighted by Crippen LogP contribution is 2.28. The molecular weight excluding hydrogens is 421 g/mol. The number of hydrogen-bond donors (Lipinski definition) is 1. The van der Waals surface area contributed by atoms with Crippen LogP contribution in [0.5, 0.6) is 0 Å². The molecule has 0 bridgehead atoms. The molecule has 1 saturated heterocycles. The number of benzene rings is 2. The molecule has 0 aliphatic carbocycles. The molecule has 1 unspecified atom stereocenters. The van der Waals surface area contributed by atoms with Gasteiger partial charge in [-0.25, -0.2) is 17.9 Å². The van der Waals surface area contributed by atoms with Gasteiger partial charge in [-0.05, 0) is 30.3 Å². The summed E-state index contributed by atoms with van der Waals surface area (Å²) in [7, 11) is -2.41. The highest BCUT2D eigenvalue weighted by atomic mass is 35.5. The molecule has 2 aromatic rings. The lowest BCUT2D eigenvalue weighted by molar-refractivity contribution is -0.135. The second kappa shape index (κ2) is 8.10. The van der Waals surface area contributed by atoms with Crippen molar-refractivity contribution in [3.8, 4) is 0 Å². The maximum absolute atomic E-state index is 14.0. The highest BCUT2D eigenvalue weighted by Gasteiger charge is 2.37. The number of sulfonamides is 1. The number of carbonyl (C=O) groups is 2. The normalized spacial score (nSPS) is 16.9. The Hall–Kier alpha value is -2.49. The Morgan fingerprint density at radius 2 is 2.00 bits per heavy atom. The van der Waals surface area contributed by atoms with Crippen LogP contribution in [0, 0.1) is 11.7 Å². The fourth-order valence-corrected chi connectivity index (χ4v) is 4.04. The third kappa shape index (κ3) is 4.58. The van der Waals surface area contributed by atoms with Gasteiger partial charge in [0.25, 0.3) is 0 Å².